The zero-order chi connectivity index (χ0) is 17.3. The molecule has 5 nitrogen and oxygen atoms in total. The molecule has 0 aliphatic rings. The van der Waals surface area contributed by atoms with E-state index in [1.54, 1.807) is 7.11 Å². The van der Waals surface area contributed by atoms with E-state index in [2.05, 4.69) is 47.3 Å². The highest BCUT2D eigenvalue weighted by Crippen LogP contribution is 2.27. The maximum absolute atomic E-state index is 5.36. The van der Waals surface area contributed by atoms with Gasteiger partial charge in [-0.2, -0.15) is 4.98 Å². The van der Waals surface area contributed by atoms with Crippen LogP contribution in [0.15, 0.2) is 24.3 Å². The van der Waals surface area contributed by atoms with Crippen molar-refractivity contribution >= 4 is 16.9 Å². The number of ether oxygens (including phenoxy) is 1. The molecule has 0 aliphatic carbocycles. The maximum Gasteiger partial charge on any atom is 0.217 e. The summed E-state index contributed by atoms with van der Waals surface area (Å²) in [7, 11) is 3.61. The van der Waals surface area contributed by atoms with Gasteiger partial charge in [0.2, 0.25) is 5.88 Å². The van der Waals surface area contributed by atoms with Gasteiger partial charge in [0.1, 0.15) is 11.3 Å². The summed E-state index contributed by atoms with van der Waals surface area (Å²) in [6.45, 7) is 7.08. The Morgan fingerprint density at radius 3 is 2.71 bits per heavy atom. The van der Waals surface area contributed by atoms with E-state index < -0.39 is 0 Å². The smallest absolute Gasteiger partial charge is 0.217 e. The van der Waals surface area contributed by atoms with Crippen molar-refractivity contribution in [2.75, 3.05) is 12.4 Å². The fourth-order valence-electron chi connectivity index (χ4n) is 3.01. The van der Waals surface area contributed by atoms with Crippen molar-refractivity contribution in [1.82, 2.24) is 14.5 Å². The highest BCUT2D eigenvalue weighted by Gasteiger charge is 2.14. The normalized spacial score (nSPS) is 11.0. The fourth-order valence-corrected chi connectivity index (χ4v) is 3.01. The summed E-state index contributed by atoms with van der Waals surface area (Å²) >= 11 is 0. The van der Waals surface area contributed by atoms with Crippen molar-refractivity contribution in [3.63, 3.8) is 0 Å². The van der Waals surface area contributed by atoms with Crippen LogP contribution in [0.3, 0.4) is 0 Å². The number of hydrogen-bond donors (Lipinski definition) is 1. The summed E-state index contributed by atoms with van der Waals surface area (Å²) in [6.07, 6.45) is 1.02. The third-order valence-corrected chi connectivity index (χ3v) is 4.58. The van der Waals surface area contributed by atoms with Crippen LogP contribution in [0.5, 0.6) is 5.88 Å². The highest BCUT2D eigenvalue weighted by atomic mass is 16.5. The third-order valence-electron chi connectivity index (χ3n) is 4.58. The summed E-state index contributed by atoms with van der Waals surface area (Å²) in [5.74, 6) is 1.52. The van der Waals surface area contributed by atoms with Gasteiger partial charge in [-0.15, -0.1) is 0 Å². The molecule has 126 valence electrons. The molecule has 3 aromatic rings. The molecule has 3 rings (SSSR count). The van der Waals surface area contributed by atoms with Gasteiger partial charge in [0.05, 0.1) is 12.8 Å². The zero-order valence-electron chi connectivity index (χ0n) is 15.0. The van der Waals surface area contributed by atoms with Crippen LogP contribution in [0.1, 0.15) is 29.4 Å². The molecule has 2 aromatic heterocycles. The van der Waals surface area contributed by atoms with Crippen molar-refractivity contribution in [2.45, 2.75) is 33.7 Å². The first kappa shape index (κ1) is 16.3. The average molecular weight is 324 g/mol. The molecule has 0 saturated heterocycles. The van der Waals surface area contributed by atoms with Gasteiger partial charge in [-0.1, -0.05) is 25.1 Å². The molecular weight excluding hydrogens is 300 g/mol. The number of aromatic nitrogens is 3. The lowest BCUT2D eigenvalue weighted by Crippen LogP contribution is -2.06. The lowest BCUT2D eigenvalue weighted by Gasteiger charge is -2.14. The van der Waals surface area contributed by atoms with Crippen LogP contribution >= 0.6 is 0 Å². The minimum Gasteiger partial charge on any atom is -0.481 e. The number of pyridine rings is 1. The predicted octanol–water partition coefficient (Wildman–Crippen LogP) is 3.77. The molecule has 0 saturated carbocycles. The lowest BCUT2D eigenvalue weighted by atomic mass is 10.00. The van der Waals surface area contributed by atoms with Crippen molar-refractivity contribution < 1.29 is 4.74 Å². The van der Waals surface area contributed by atoms with Gasteiger partial charge in [0, 0.05) is 19.7 Å². The number of fused-ring (bicyclic) bond motifs is 1. The second-order valence-corrected chi connectivity index (χ2v) is 6.02. The summed E-state index contributed by atoms with van der Waals surface area (Å²) in [6, 6.07) is 8.38. The molecule has 0 spiro atoms. The second-order valence-electron chi connectivity index (χ2n) is 6.02. The van der Waals surface area contributed by atoms with Crippen LogP contribution < -0.4 is 10.1 Å². The van der Waals surface area contributed by atoms with Gasteiger partial charge >= 0.3 is 0 Å². The monoisotopic (exact) mass is 324 g/mol. The van der Waals surface area contributed by atoms with Crippen molar-refractivity contribution in [3.05, 3.63) is 46.8 Å². The molecular formula is C19H24N4O. The van der Waals surface area contributed by atoms with Gasteiger partial charge in [-0.05, 0) is 37.0 Å². The molecule has 0 radical (unpaired) electrons. The van der Waals surface area contributed by atoms with Gasteiger partial charge in [-0.25, -0.2) is 4.98 Å². The quantitative estimate of drug-likeness (QED) is 0.776. The van der Waals surface area contributed by atoms with E-state index in [1.807, 2.05) is 24.6 Å². The number of anilines is 1. The van der Waals surface area contributed by atoms with E-state index in [0.717, 1.165) is 35.6 Å². The minimum absolute atomic E-state index is 0.591. The number of hydrogen-bond acceptors (Lipinski definition) is 4. The van der Waals surface area contributed by atoms with Crippen molar-refractivity contribution in [3.8, 4) is 5.88 Å². The first-order valence-corrected chi connectivity index (χ1v) is 8.24. The molecule has 1 aromatic carbocycles. The second kappa shape index (κ2) is 6.51. The Morgan fingerprint density at radius 2 is 2.00 bits per heavy atom. The topological polar surface area (TPSA) is 52.0 Å². The highest BCUT2D eigenvalue weighted by molar-refractivity contribution is 5.87. The van der Waals surface area contributed by atoms with E-state index in [9.17, 15) is 0 Å². The lowest BCUT2D eigenvalue weighted by molar-refractivity contribution is 0.399. The van der Waals surface area contributed by atoms with Gasteiger partial charge in [0.15, 0.2) is 5.65 Å². The molecule has 2 heterocycles. The molecule has 1 N–H and O–H groups in total. The van der Waals surface area contributed by atoms with E-state index in [0.29, 0.717) is 5.88 Å². The Morgan fingerprint density at radius 1 is 1.21 bits per heavy atom. The molecule has 0 atom stereocenters. The SMILES string of the molecule is CCc1cccc(C)c1CNc1cc(OC)nc2c1nc(C)n2C. The summed E-state index contributed by atoms with van der Waals surface area (Å²) < 4.78 is 7.34. The molecule has 0 bridgehead atoms. The number of aryl methyl sites for hydroxylation is 4. The van der Waals surface area contributed by atoms with E-state index >= 15 is 0 Å². The Hall–Kier alpha value is -2.56. The number of benzene rings is 1. The van der Waals surface area contributed by atoms with Crippen molar-refractivity contribution in [1.29, 1.82) is 0 Å². The largest absolute Gasteiger partial charge is 0.481 e. The van der Waals surface area contributed by atoms with Crippen LogP contribution in [-0.4, -0.2) is 21.6 Å². The van der Waals surface area contributed by atoms with Crippen molar-refractivity contribution in [2.24, 2.45) is 7.05 Å². The summed E-state index contributed by atoms with van der Waals surface area (Å²) in [5, 5.41) is 3.54. The first-order chi connectivity index (χ1) is 11.5. The Balaban J connectivity index is 2.00. The summed E-state index contributed by atoms with van der Waals surface area (Å²) in [4.78, 5) is 9.17. The number of nitrogens with zero attached hydrogens (tertiary/aromatic N) is 3. The first-order valence-electron chi connectivity index (χ1n) is 8.24. The van der Waals surface area contributed by atoms with Gasteiger partial charge < -0.3 is 14.6 Å². The number of imidazole rings is 1. The third kappa shape index (κ3) is 2.82. The molecule has 24 heavy (non-hydrogen) atoms. The standard InChI is InChI=1S/C19H24N4O/c1-6-14-9-7-8-12(2)15(14)11-20-16-10-17(24-5)22-19-18(16)21-13(3)23(19)4/h7-10H,6,11H2,1-5H3,(H,20,22). The fraction of sp³-hybridized carbons (Fsp3) is 0.368. The van der Waals surface area contributed by atoms with E-state index in [4.69, 9.17) is 4.74 Å². The zero-order valence-corrected chi connectivity index (χ0v) is 15.0. The Bertz CT molecular complexity index is 883. The summed E-state index contributed by atoms with van der Waals surface area (Å²) in [5.41, 5.74) is 6.67. The van der Waals surface area contributed by atoms with E-state index in [-0.39, 0.29) is 0 Å². The minimum atomic E-state index is 0.591. The number of rotatable bonds is 5. The predicted molar refractivity (Wildman–Crippen MR) is 97.7 cm³/mol. The Labute approximate surface area is 142 Å². The molecule has 0 fully saturated rings. The van der Waals surface area contributed by atoms with Crippen LogP contribution in [0.4, 0.5) is 5.69 Å². The van der Waals surface area contributed by atoms with Gasteiger partial charge in [-0.3, -0.25) is 0 Å². The van der Waals surface area contributed by atoms with Gasteiger partial charge in [0.25, 0.3) is 0 Å². The Kier molecular flexibility index (Phi) is 4.42. The van der Waals surface area contributed by atoms with Crippen LogP contribution in [0.25, 0.3) is 11.2 Å². The number of nitrogens with one attached hydrogen (secondary N) is 1. The van der Waals surface area contributed by atoms with Crippen LogP contribution in [0.2, 0.25) is 0 Å². The van der Waals surface area contributed by atoms with Crippen LogP contribution in [-0.2, 0) is 20.0 Å². The molecule has 0 unspecified atom stereocenters. The van der Waals surface area contributed by atoms with Crippen LogP contribution in [0, 0.1) is 13.8 Å². The average Bonchev–Trinajstić information content (AvgIpc) is 2.88. The van der Waals surface area contributed by atoms with E-state index in [1.165, 1.54) is 16.7 Å². The number of methoxy groups -OCH3 is 1. The molecule has 0 aliphatic heterocycles. The molecule has 5 heteroatoms. The molecule has 0 amide bonds. The maximum atomic E-state index is 5.36.